The van der Waals surface area contributed by atoms with E-state index in [4.69, 9.17) is 4.74 Å². The van der Waals surface area contributed by atoms with Crippen LogP contribution >= 0.6 is 11.8 Å². The van der Waals surface area contributed by atoms with Gasteiger partial charge in [0.15, 0.2) is 5.41 Å². The number of nitrogens with zero attached hydrogens (tertiary/aromatic N) is 2. The number of halogens is 6. The Balaban J connectivity index is 2.39. The molecule has 2 atom stereocenters. The summed E-state index contributed by atoms with van der Waals surface area (Å²) < 4.78 is 91.2. The fourth-order valence-electron chi connectivity index (χ4n) is 6.01. The number of allylic oxidation sites excluding steroid dienone is 1. The first kappa shape index (κ1) is 24.6. The molecule has 0 bridgehead atoms. The van der Waals surface area contributed by atoms with Gasteiger partial charge in [-0.25, -0.2) is 0 Å². The zero-order valence-electron chi connectivity index (χ0n) is 18.3. The minimum absolute atomic E-state index is 0.222. The second-order valence-corrected chi connectivity index (χ2v) is 11.0. The zero-order valence-corrected chi connectivity index (χ0v) is 19.1. The topological polar surface area (TPSA) is 36.3 Å². The Labute approximate surface area is 183 Å². The summed E-state index contributed by atoms with van der Waals surface area (Å²) in [6.07, 6.45) is -9.60. The first-order valence-electron chi connectivity index (χ1n) is 10.4. The molecular weight excluding hydrogens is 442 g/mol. The van der Waals surface area contributed by atoms with Crippen molar-refractivity contribution in [3.63, 3.8) is 0 Å². The number of nitriles is 1. The van der Waals surface area contributed by atoms with Crippen LogP contribution in [-0.2, 0) is 4.74 Å². The minimum Gasteiger partial charge on any atom is -0.358 e. The third kappa shape index (κ3) is 3.20. The highest BCUT2D eigenvalue weighted by atomic mass is 32.2. The molecule has 0 amide bonds. The van der Waals surface area contributed by atoms with Crippen molar-refractivity contribution in [1.29, 1.82) is 5.26 Å². The molecular formula is C21H28F6N2OS. The fraction of sp³-hybridized carbons (Fsp3) is 0.857. The molecule has 1 spiro atoms. The van der Waals surface area contributed by atoms with Crippen LogP contribution in [0.25, 0.3) is 0 Å². The van der Waals surface area contributed by atoms with Crippen molar-refractivity contribution < 1.29 is 31.1 Å². The van der Waals surface area contributed by atoms with Crippen LogP contribution < -0.4 is 0 Å². The van der Waals surface area contributed by atoms with Crippen LogP contribution in [-0.4, -0.2) is 40.7 Å². The smallest absolute Gasteiger partial charge is 0.358 e. The van der Waals surface area contributed by atoms with Crippen molar-refractivity contribution in [2.75, 3.05) is 12.4 Å². The van der Waals surface area contributed by atoms with E-state index < -0.39 is 56.7 Å². The summed E-state index contributed by atoms with van der Waals surface area (Å²) in [5.74, 6) is -1.01. The van der Waals surface area contributed by atoms with Crippen LogP contribution in [0.1, 0.15) is 60.3 Å². The summed E-state index contributed by atoms with van der Waals surface area (Å²) in [4.78, 5) is 0.375. The lowest BCUT2D eigenvalue weighted by Crippen LogP contribution is -2.71. The highest BCUT2D eigenvalue weighted by Crippen LogP contribution is 2.70. The predicted molar refractivity (Wildman–Crippen MR) is 106 cm³/mol. The van der Waals surface area contributed by atoms with Crippen LogP contribution in [0.5, 0.6) is 0 Å². The Bertz CT molecular complexity index is 794. The number of fused-ring (bicyclic) bond motifs is 2. The van der Waals surface area contributed by atoms with E-state index in [0.29, 0.717) is 12.8 Å². The number of hydrogen-bond acceptors (Lipinski definition) is 4. The molecule has 176 valence electrons. The van der Waals surface area contributed by atoms with Gasteiger partial charge in [-0.1, -0.05) is 34.1 Å². The van der Waals surface area contributed by atoms with Crippen LogP contribution in [0, 0.1) is 27.6 Å². The van der Waals surface area contributed by atoms with E-state index >= 15 is 0 Å². The van der Waals surface area contributed by atoms with E-state index in [9.17, 15) is 31.6 Å². The molecule has 0 aromatic heterocycles. The molecule has 1 saturated heterocycles. The predicted octanol–water partition coefficient (Wildman–Crippen LogP) is 6.62. The lowest BCUT2D eigenvalue weighted by molar-refractivity contribution is -0.211. The number of alkyl halides is 6. The maximum atomic E-state index is 14.3. The molecule has 0 aromatic rings. The summed E-state index contributed by atoms with van der Waals surface area (Å²) in [6, 6.07) is 1.07. The molecule has 0 aromatic carbocycles. The molecule has 1 saturated carbocycles. The first-order chi connectivity index (χ1) is 14.0. The summed E-state index contributed by atoms with van der Waals surface area (Å²) >= 11 is 0.854. The van der Waals surface area contributed by atoms with Gasteiger partial charge in [-0.05, 0) is 30.6 Å². The van der Waals surface area contributed by atoms with E-state index in [2.05, 4.69) is 0 Å². The van der Waals surface area contributed by atoms with E-state index in [1.807, 2.05) is 27.7 Å². The maximum Gasteiger partial charge on any atom is 0.416 e. The van der Waals surface area contributed by atoms with Gasteiger partial charge in [-0.15, -0.1) is 11.8 Å². The maximum absolute atomic E-state index is 14.3. The van der Waals surface area contributed by atoms with E-state index in [0.717, 1.165) is 24.3 Å². The minimum atomic E-state index is -5.37. The van der Waals surface area contributed by atoms with Gasteiger partial charge >= 0.3 is 12.4 Å². The van der Waals surface area contributed by atoms with Crippen LogP contribution in [0.3, 0.4) is 0 Å². The molecule has 0 radical (unpaired) electrons. The Morgan fingerprint density at radius 1 is 1.10 bits per heavy atom. The van der Waals surface area contributed by atoms with Crippen LogP contribution in [0.4, 0.5) is 26.3 Å². The highest BCUT2D eigenvalue weighted by Gasteiger charge is 2.73. The van der Waals surface area contributed by atoms with Gasteiger partial charge in [-0.2, -0.15) is 31.6 Å². The van der Waals surface area contributed by atoms with Crippen molar-refractivity contribution in [2.24, 2.45) is 16.2 Å². The molecule has 2 aliphatic heterocycles. The molecule has 0 unspecified atom stereocenters. The Morgan fingerprint density at radius 3 is 2.06 bits per heavy atom. The van der Waals surface area contributed by atoms with Gasteiger partial charge in [-0.3, -0.25) is 0 Å². The van der Waals surface area contributed by atoms with Crippen molar-refractivity contribution in [2.45, 2.75) is 83.8 Å². The largest absolute Gasteiger partial charge is 0.416 e. The second kappa shape index (κ2) is 7.21. The molecule has 3 aliphatic rings. The lowest BCUT2D eigenvalue weighted by atomic mass is 9.58. The molecule has 0 N–H and O–H groups in total. The fourth-order valence-corrected chi connectivity index (χ4v) is 8.16. The van der Waals surface area contributed by atoms with Crippen LogP contribution in [0.15, 0.2) is 11.3 Å². The summed E-state index contributed by atoms with van der Waals surface area (Å²) in [5, 5.41) is 9.61. The molecule has 2 heterocycles. The summed E-state index contributed by atoms with van der Waals surface area (Å²) in [5.41, 5.74) is -7.08. The van der Waals surface area contributed by atoms with Crippen molar-refractivity contribution in [1.82, 2.24) is 4.90 Å². The number of ether oxygens (including phenoxy) is 1. The summed E-state index contributed by atoms with van der Waals surface area (Å²) in [6.45, 7) is 9.54. The summed E-state index contributed by atoms with van der Waals surface area (Å²) in [7, 11) is 0. The first-order valence-corrected chi connectivity index (χ1v) is 11.3. The average molecular weight is 471 g/mol. The van der Waals surface area contributed by atoms with Gasteiger partial charge in [0.05, 0.1) is 16.5 Å². The number of hydrogen-bond donors (Lipinski definition) is 0. The molecule has 3 rings (SSSR count). The monoisotopic (exact) mass is 470 g/mol. The Hall–Kier alpha value is -1.08. The SMILES string of the molecule is CCO[C@H]1CC2=C(C(F)(F)F)[C@@](C#N)(C(F)(F)F)CSC3(N21)C(C)(C)CCCC3(C)C. The van der Waals surface area contributed by atoms with Gasteiger partial charge in [0.25, 0.3) is 0 Å². The van der Waals surface area contributed by atoms with Crippen molar-refractivity contribution in [3.05, 3.63) is 11.3 Å². The zero-order chi connectivity index (χ0) is 23.7. The van der Waals surface area contributed by atoms with E-state index in [-0.39, 0.29) is 13.0 Å². The average Bonchev–Trinajstić information content (AvgIpc) is 2.68. The Morgan fingerprint density at radius 2 is 1.65 bits per heavy atom. The lowest BCUT2D eigenvalue weighted by Gasteiger charge is -2.68. The van der Waals surface area contributed by atoms with Gasteiger partial charge in [0.1, 0.15) is 6.23 Å². The molecule has 31 heavy (non-hydrogen) atoms. The quantitative estimate of drug-likeness (QED) is 0.425. The van der Waals surface area contributed by atoms with E-state index in [1.165, 1.54) is 4.90 Å². The van der Waals surface area contributed by atoms with Crippen molar-refractivity contribution >= 4 is 11.8 Å². The molecule has 2 fully saturated rings. The third-order valence-corrected chi connectivity index (χ3v) is 9.55. The van der Waals surface area contributed by atoms with Crippen LogP contribution in [0.2, 0.25) is 0 Å². The van der Waals surface area contributed by atoms with Crippen molar-refractivity contribution in [3.8, 4) is 6.07 Å². The molecule has 10 heteroatoms. The van der Waals surface area contributed by atoms with E-state index in [1.54, 1.807) is 6.92 Å². The van der Waals surface area contributed by atoms with Gasteiger partial charge < -0.3 is 9.64 Å². The highest BCUT2D eigenvalue weighted by molar-refractivity contribution is 8.00. The molecule has 3 nitrogen and oxygen atoms in total. The standard InChI is InChI=1S/C21H28F6N2OS/c1-6-30-14-10-13-15(19(22,23)24)18(11-28,21(25,26)27)12-31-20(29(13)14)16(2,3)8-7-9-17(20,4)5/h14H,6-10,12H2,1-5H3/t14-,18-/m0/s1. The third-order valence-electron chi connectivity index (χ3n) is 7.25. The normalized spacial score (nSPS) is 32.2. The van der Waals surface area contributed by atoms with Gasteiger partial charge in [0.2, 0.25) is 0 Å². The number of rotatable bonds is 2. The van der Waals surface area contributed by atoms with Gasteiger partial charge in [0, 0.05) is 24.5 Å². The Kier molecular flexibility index (Phi) is 5.71. The number of thioether (sulfide) groups is 1. The molecule has 1 aliphatic carbocycles. The second-order valence-electron chi connectivity index (χ2n) is 9.87.